The van der Waals surface area contributed by atoms with Crippen LogP contribution in [0.25, 0.3) is 22.4 Å². The van der Waals surface area contributed by atoms with Gasteiger partial charge in [-0.2, -0.15) is 4.98 Å². The minimum atomic E-state index is -0.0824. The van der Waals surface area contributed by atoms with Gasteiger partial charge in [0.2, 0.25) is 0 Å². The normalized spacial score (nSPS) is 16.5. The van der Waals surface area contributed by atoms with Crippen molar-refractivity contribution in [3.05, 3.63) is 72.4 Å². The molecule has 0 saturated carbocycles. The number of carbonyl (C=O) groups is 1. The topological polar surface area (TPSA) is 94.2 Å². The molecule has 1 amide bonds. The van der Waals surface area contributed by atoms with E-state index >= 15 is 0 Å². The fraction of sp³-hybridized carbons (Fsp3) is 0.261. The first-order valence-electron chi connectivity index (χ1n) is 10.3. The molecule has 1 saturated heterocycles. The highest BCUT2D eigenvalue weighted by molar-refractivity contribution is 5.95. The van der Waals surface area contributed by atoms with Crippen LogP contribution in [0, 0.1) is 0 Å². The SMILES string of the molecule is O=C(c1ccc2ccccc2n1)N1CCCC(OCc2noc(-c3ccncc3)n2)C1. The van der Waals surface area contributed by atoms with Crippen molar-refractivity contribution in [1.82, 2.24) is 25.0 Å². The van der Waals surface area contributed by atoms with E-state index in [1.165, 1.54) is 0 Å². The molecule has 1 aromatic carbocycles. The number of ether oxygens (including phenoxy) is 1. The van der Waals surface area contributed by atoms with Gasteiger partial charge in [0, 0.05) is 36.4 Å². The van der Waals surface area contributed by atoms with Crippen LogP contribution in [-0.4, -0.2) is 50.1 Å². The first kappa shape index (κ1) is 19.3. The molecule has 1 atom stereocenters. The summed E-state index contributed by atoms with van der Waals surface area (Å²) in [5.41, 5.74) is 2.09. The second-order valence-corrected chi connectivity index (χ2v) is 7.47. The molecule has 5 rings (SSSR count). The summed E-state index contributed by atoms with van der Waals surface area (Å²) >= 11 is 0. The first-order valence-corrected chi connectivity index (χ1v) is 10.3. The number of benzene rings is 1. The van der Waals surface area contributed by atoms with E-state index in [1.807, 2.05) is 47.4 Å². The minimum Gasteiger partial charge on any atom is -0.368 e. The zero-order valence-electron chi connectivity index (χ0n) is 16.8. The number of pyridine rings is 2. The van der Waals surface area contributed by atoms with E-state index in [2.05, 4.69) is 20.1 Å². The van der Waals surface area contributed by atoms with Gasteiger partial charge in [0.1, 0.15) is 12.3 Å². The molecule has 1 unspecified atom stereocenters. The van der Waals surface area contributed by atoms with Gasteiger partial charge >= 0.3 is 0 Å². The number of aromatic nitrogens is 4. The van der Waals surface area contributed by atoms with Crippen LogP contribution >= 0.6 is 0 Å². The molecule has 31 heavy (non-hydrogen) atoms. The molecular formula is C23H21N5O3. The lowest BCUT2D eigenvalue weighted by Gasteiger charge is -2.32. The van der Waals surface area contributed by atoms with Gasteiger partial charge in [-0.25, -0.2) is 4.98 Å². The molecule has 0 spiro atoms. The Balaban J connectivity index is 1.21. The second kappa shape index (κ2) is 8.61. The Kier molecular flexibility index (Phi) is 5.37. The van der Waals surface area contributed by atoms with Crippen molar-refractivity contribution in [3.63, 3.8) is 0 Å². The van der Waals surface area contributed by atoms with Gasteiger partial charge in [-0.3, -0.25) is 9.78 Å². The Bertz CT molecular complexity index is 1190. The van der Waals surface area contributed by atoms with Crippen molar-refractivity contribution in [1.29, 1.82) is 0 Å². The standard InChI is InChI=1S/C23H21N5O3/c29-23(20-8-7-16-4-1-2-6-19(16)25-20)28-13-3-5-18(14-28)30-15-21-26-22(31-27-21)17-9-11-24-12-10-17/h1-2,4,6-12,18H,3,5,13-15H2. The first-order chi connectivity index (χ1) is 15.3. The number of hydrogen-bond acceptors (Lipinski definition) is 7. The van der Waals surface area contributed by atoms with Crippen molar-refractivity contribution in [2.24, 2.45) is 0 Å². The van der Waals surface area contributed by atoms with Crippen molar-refractivity contribution in [2.45, 2.75) is 25.6 Å². The van der Waals surface area contributed by atoms with Crippen molar-refractivity contribution < 1.29 is 14.1 Å². The van der Waals surface area contributed by atoms with E-state index in [1.54, 1.807) is 18.5 Å². The molecule has 0 aliphatic carbocycles. The molecule has 0 bridgehead atoms. The Morgan fingerprint density at radius 1 is 1.10 bits per heavy atom. The number of likely N-dealkylation sites (tertiary alicyclic amines) is 1. The van der Waals surface area contributed by atoms with Crippen LogP contribution in [0.3, 0.4) is 0 Å². The largest absolute Gasteiger partial charge is 0.368 e. The molecule has 4 heterocycles. The number of hydrogen-bond donors (Lipinski definition) is 0. The maximum absolute atomic E-state index is 13.0. The van der Waals surface area contributed by atoms with Crippen LogP contribution in [0.15, 0.2) is 65.4 Å². The number of fused-ring (bicyclic) bond motifs is 1. The van der Waals surface area contributed by atoms with Crippen LogP contribution < -0.4 is 0 Å². The summed E-state index contributed by atoms with van der Waals surface area (Å²) in [6, 6.07) is 15.1. The molecule has 0 radical (unpaired) electrons. The summed E-state index contributed by atoms with van der Waals surface area (Å²) in [4.78, 5) is 27.7. The minimum absolute atomic E-state index is 0.0708. The monoisotopic (exact) mass is 415 g/mol. The van der Waals surface area contributed by atoms with Crippen molar-refractivity contribution in [2.75, 3.05) is 13.1 Å². The third kappa shape index (κ3) is 4.29. The number of nitrogens with zero attached hydrogens (tertiary/aromatic N) is 5. The molecule has 0 N–H and O–H groups in total. The van der Waals surface area contributed by atoms with Gasteiger partial charge < -0.3 is 14.2 Å². The average molecular weight is 415 g/mol. The highest BCUT2D eigenvalue weighted by Crippen LogP contribution is 2.20. The van der Waals surface area contributed by atoms with Crippen LogP contribution in [0.2, 0.25) is 0 Å². The summed E-state index contributed by atoms with van der Waals surface area (Å²) in [6.45, 7) is 1.44. The summed E-state index contributed by atoms with van der Waals surface area (Å²) < 4.78 is 11.3. The number of amides is 1. The summed E-state index contributed by atoms with van der Waals surface area (Å²) in [5, 5.41) is 5.00. The van der Waals surface area contributed by atoms with Crippen molar-refractivity contribution >= 4 is 16.8 Å². The maximum atomic E-state index is 13.0. The van der Waals surface area contributed by atoms with E-state index in [-0.39, 0.29) is 18.6 Å². The summed E-state index contributed by atoms with van der Waals surface area (Å²) in [5.74, 6) is 0.842. The molecule has 8 heteroatoms. The molecule has 156 valence electrons. The summed E-state index contributed by atoms with van der Waals surface area (Å²) in [6.07, 6.45) is 5.02. The van der Waals surface area contributed by atoms with Gasteiger partial charge in [0.15, 0.2) is 5.82 Å². The molecule has 3 aromatic heterocycles. The average Bonchev–Trinajstić information content (AvgIpc) is 3.32. The Labute approximate surface area is 178 Å². The Morgan fingerprint density at radius 2 is 1.97 bits per heavy atom. The van der Waals surface area contributed by atoms with E-state index in [9.17, 15) is 4.79 Å². The molecule has 1 aliphatic heterocycles. The zero-order chi connectivity index (χ0) is 21.0. The third-order valence-corrected chi connectivity index (χ3v) is 5.33. The van der Waals surface area contributed by atoms with Crippen LogP contribution in [0.4, 0.5) is 0 Å². The van der Waals surface area contributed by atoms with E-state index in [0.717, 1.165) is 29.3 Å². The molecule has 4 aromatic rings. The van der Waals surface area contributed by atoms with Gasteiger partial charge in [-0.15, -0.1) is 0 Å². The van der Waals surface area contributed by atoms with Crippen LogP contribution in [0.5, 0.6) is 0 Å². The van der Waals surface area contributed by atoms with E-state index in [0.29, 0.717) is 30.5 Å². The molecular weight excluding hydrogens is 394 g/mol. The quantitative estimate of drug-likeness (QED) is 0.492. The maximum Gasteiger partial charge on any atom is 0.272 e. The Morgan fingerprint density at radius 3 is 2.87 bits per heavy atom. The number of carbonyl (C=O) groups excluding carboxylic acids is 1. The van der Waals surface area contributed by atoms with Crippen LogP contribution in [-0.2, 0) is 11.3 Å². The lowest BCUT2D eigenvalue weighted by Crippen LogP contribution is -2.43. The van der Waals surface area contributed by atoms with Gasteiger partial charge in [-0.1, -0.05) is 29.4 Å². The second-order valence-electron chi connectivity index (χ2n) is 7.47. The lowest BCUT2D eigenvalue weighted by atomic mass is 10.1. The predicted molar refractivity (Wildman–Crippen MR) is 113 cm³/mol. The van der Waals surface area contributed by atoms with Gasteiger partial charge in [-0.05, 0) is 37.1 Å². The number of rotatable bonds is 5. The highest BCUT2D eigenvalue weighted by atomic mass is 16.5. The predicted octanol–water partition coefficient (Wildman–Crippen LogP) is 3.50. The number of piperidine rings is 1. The molecule has 8 nitrogen and oxygen atoms in total. The third-order valence-electron chi connectivity index (χ3n) is 5.33. The van der Waals surface area contributed by atoms with Crippen LogP contribution in [0.1, 0.15) is 29.2 Å². The van der Waals surface area contributed by atoms with Gasteiger partial charge in [0.25, 0.3) is 11.8 Å². The molecule has 1 fully saturated rings. The summed E-state index contributed by atoms with van der Waals surface area (Å²) in [7, 11) is 0. The zero-order valence-corrected chi connectivity index (χ0v) is 16.8. The Hall–Kier alpha value is -3.65. The highest BCUT2D eigenvalue weighted by Gasteiger charge is 2.26. The smallest absolute Gasteiger partial charge is 0.272 e. The van der Waals surface area contributed by atoms with Crippen molar-refractivity contribution in [3.8, 4) is 11.5 Å². The fourth-order valence-electron chi connectivity index (χ4n) is 3.72. The number of para-hydroxylation sites is 1. The fourth-order valence-corrected chi connectivity index (χ4v) is 3.72. The van der Waals surface area contributed by atoms with Gasteiger partial charge in [0.05, 0.1) is 11.6 Å². The van der Waals surface area contributed by atoms with E-state index < -0.39 is 0 Å². The lowest BCUT2D eigenvalue weighted by molar-refractivity contribution is -0.00975. The molecule has 1 aliphatic rings. The van der Waals surface area contributed by atoms with E-state index in [4.69, 9.17) is 9.26 Å².